The Hall–Kier alpha value is -1.26. The summed E-state index contributed by atoms with van der Waals surface area (Å²) in [7, 11) is 0. The largest absolute Gasteiger partial charge is 0.484 e. The Balaban J connectivity index is 1.60. The molecule has 2 aliphatic rings. The lowest BCUT2D eigenvalue weighted by atomic mass is 10.0. The van der Waals surface area contributed by atoms with Gasteiger partial charge in [-0.15, -0.1) is 0 Å². The first-order chi connectivity index (χ1) is 9.65. The van der Waals surface area contributed by atoms with Gasteiger partial charge in [-0.3, -0.25) is 4.79 Å². The predicted molar refractivity (Wildman–Crippen MR) is 78.0 cm³/mol. The molecule has 0 saturated carbocycles. The number of likely N-dealkylation sites (tertiary alicyclic amines) is 1. The summed E-state index contributed by atoms with van der Waals surface area (Å²) in [5, 5.41) is 4.02. The Kier molecular flexibility index (Phi) is 3.85. The maximum absolute atomic E-state index is 12.4. The number of carbonyl (C=O) groups is 1. The first kappa shape index (κ1) is 13.7. The van der Waals surface area contributed by atoms with Gasteiger partial charge in [-0.2, -0.15) is 0 Å². The molecule has 1 aromatic carbocycles. The molecule has 2 fully saturated rings. The smallest absolute Gasteiger partial charge is 0.261 e. The van der Waals surface area contributed by atoms with Crippen molar-refractivity contribution in [1.29, 1.82) is 0 Å². The van der Waals surface area contributed by atoms with Gasteiger partial charge in [0.05, 0.1) is 0 Å². The van der Waals surface area contributed by atoms with Gasteiger partial charge in [0.15, 0.2) is 6.61 Å². The van der Waals surface area contributed by atoms with Crippen molar-refractivity contribution in [3.05, 3.63) is 29.3 Å². The van der Waals surface area contributed by atoms with Crippen molar-refractivity contribution < 1.29 is 9.53 Å². The summed E-state index contributed by atoms with van der Waals surface area (Å²) in [5.74, 6) is 1.35. The zero-order valence-corrected chi connectivity index (χ0v) is 12.3. The second-order valence-corrected chi connectivity index (χ2v) is 6.05. The highest BCUT2D eigenvalue weighted by Crippen LogP contribution is 2.32. The number of amides is 1. The quantitative estimate of drug-likeness (QED) is 0.926. The van der Waals surface area contributed by atoms with E-state index in [1.54, 1.807) is 24.3 Å². The average molecular weight is 295 g/mol. The van der Waals surface area contributed by atoms with E-state index < -0.39 is 0 Å². The third-order valence-corrected chi connectivity index (χ3v) is 4.50. The monoisotopic (exact) mass is 294 g/mol. The Morgan fingerprint density at radius 3 is 2.90 bits per heavy atom. The molecule has 0 radical (unpaired) electrons. The van der Waals surface area contributed by atoms with Gasteiger partial charge in [-0.05, 0) is 43.5 Å². The maximum Gasteiger partial charge on any atom is 0.261 e. The standard InChI is InChI=1S/C15H19ClN2O2/c1-10-6-11-7-17-8-14(11)18(10)15(19)9-20-13-4-2-12(16)3-5-13/h2-5,10-11,14,17H,6-9H2,1H3. The van der Waals surface area contributed by atoms with Crippen molar-refractivity contribution in [3.8, 4) is 5.75 Å². The zero-order valence-electron chi connectivity index (χ0n) is 11.5. The van der Waals surface area contributed by atoms with Crippen LogP contribution in [0.2, 0.25) is 5.02 Å². The topological polar surface area (TPSA) is 41.6 Å². The summed E-state index contributed by atoms with van der Waals surface area (Å²) in [6.07, 6.45) is 1.09. The van der Waals surface area contributed by atoms with Gasteiger partial charge in [0.2, 0.25) is 0 Å². The maximum atomic E-state index is 12.4. The first-order valence-electron chi connectivity index (χ1n) is 7.05. The molecule has 3 unspecified atom stereocenters. The number of nitrogens with one attached hydrogen (secondary N) is 1. The van der Waals surface area contributed by atoms with Crippen molar-refractivity contribution in [3.63, 3.8) is 0 Å². The summed E-state index contributed by atoms with van der Waals surface area (Å²) in [6.45, 7) is 4.15. The van der Waals surface area contributed by atoms with E-state index in [0.717, 1.165) is 19.5 Å². The Morgan fingerprint density at radius 2 is 2.15 bits per heavy atom. The normalized spacial score (nSPS) is 28.5. The van der Waals surface area contributed by atoms with Crippen LogP contribution in [0.3, 0.4) is 0 Å². The third-order valence-electron chi connectivity index (χ3n) is 4.24. The summed E-state index contributed by atoms with van der Waals surface area (Å²) < 4.78 is 5.56. The van der Waals surface area contributed by atoms with Gasteiger partial charge in [0, 0.05) is 30.2 Å². The minimum absolute atomic E-state index is 0.0728. The number of carbonyl (C=O) groups excluding carboxylic acids is 1. The van der Waals surface area contributed by atoms with E-state index in [1.807, 2.05) is 4.90 Å². The molecule has 3 atom stereocenters. The Morgan fingerprint density at radius 1 is 1.40 bits per heavy atom. The van der Waals surface area contributed by atoms with E-state index in [-0.39, 0.29) is 12.5 Å². The number of fused-ring (bicyclic) bond motifs is 1. The molecule has 4 nitrogen and oxygen atoms in total. The van der Waals surface area contributed by atoms with Crippen LogP contribution in [0.4, 0.5) is 0 Å². The Bertz CT molecular complexity index is 491. The van der Waals surface area contributed by atoms with Crippen molar-refractivity contribution in [2.45, 2.75) is 25.4 Å². The fraction of sp³-hybridized carbons (Fsp3) is 0.533. The molecule has 108 valence electrons. The molecule has 2 aliphatic heterocycles. The fourth-order valence-electron chi connectivity index (χ4n) is 3.34. The second-order valence-electron chi connectivity index (χ2n) is 5.61. The van der Waals surface area contributed by atoms with Gasteiger partial charge < -0.3 is 15.0 Å². The summed E-state index contributed by atoms with van der Waals surface area (Å²) in [5.41, 5.74) is 0. The van der Waals surface area contributed by atoms with Gasteiger partial charge in [0.1, 0.15) is 5.75 Å². The molecule has 0 bridgehead atoms. The predicted octanol–water partition coefficient (Wildman–Crippen LogP) is 1.93. The molecule has 0 aliphatic carbocycles. The van der Waals surface area contributed by atoms with Crippen LogP contribution in [0.5, 0.6) is 5.75 Å². The highest BCUT2D eigenvalue weighted by atomic mass is 35.5. The first-order valence-corrected chi connectivity index (χ1v) is 7.43. The van der Waals surface area contributed by atoms with Crippen LogP contribution in [-0.4, -0.2) is 42.6 Å². The molecule has 3 rings (SSSR count). The molecular formula is C15H19ClN2O2. The van der Waals surface area contributed by atoms with Gasteiger partial charge in [-0.1, -0.05) is 11.6 Å². The van der Waals surface area contributed by atoms with Gasteiger partial charge in [0.25, 0.3) is 5.91 Å². The molecule has 0 spiro atoms. The number of nitrogens with zero attached hydrogens (tertiary/aromatic N) is 1. The second kappa shape index (κ2) is 5.62. The van der Waals surface area contributed by atoms with E-state index in [2.05, 4.69) is 12.2 Å². The highest BCUT2D eigenvalue weighted by molar-refractivity contribution is 6.30. The van der Waals surface area contributed by atoms with Gasteiger partial charge in [-0.25, -0.2) is 0 Å². The molecule has 1 amide bonds. The number of halogens is 1. The number of hydrogen-bond acceptors (Lipinski definition) is 3. The van der Waals surface area contributed by atoms with E-state index in [0.29, 0.717) is 28.8 Å². The average Bonchev–Trinajstić information content (AvgIpc) is 2.97. The number of ether oxygens (including phenoxy) is 1. The van der Waals surface area contributed by atoms with E-state index in [9.17, 15) is 4.79 Å². The molecular weight excluding hydrogens is 276 g/mol. The van der Waals surface area contributed by atoms with Crippen LogP contribution in [0, 0.1) is 5.92 Å². The summed E-state index contributed by atoms with van der Waals surface area (Å²) >= 11 is 5.82. The molecule has 20 heavy (non-hydrogen) atoms. The minimum Gasteiger partial charge on any atom is -0.484 e. The Labute approximate surface area is 124 Å². The summed E-state index contributed by atoms with van der Waals surface area (Å²) in [4.78, 5) is 14.4. The molecule has 1 aromatic rings. The van der Waals surface area contributed by atoms with E-state index >= 15 is 0 Å². The lowest BCUT2D eigenvalue weighted by molar-refractivity contribution is -0.135. The van der Waals surface area contributed by atoms with Crippen LogP contribution >= 0.6 is 11.6 Å². The van der Waals surface area contributed by atoms with E-state index in [4.69, 9.17) is 16.3 Å². The van der Waals surface area contributed by atoms with Gasteiger partial charge >= 0.3 is 0 Å². The number of hydrogen-bond donors (Lipinski definition) is 1. The van der Waals surface area contributed by atoms with E-state index in [1.165, 1.54) is 0 Å². The van der Waals surface area contributed by atoms with Crippen LogP contribution in [0.25, 0.3) is 0 Å². The third kappa shape index (κ3) is 2.63. The van der Waals surface area contributed by atoms with Crippen LogP contribution < -0.4 is 10.1 Å². The molecule has 5 heteroatoms. The molecule has 2 saturated heterocycles. The van der Waals surface area contributed by atoms with Crippen LogP contribution in [0.1, 0.15) is 13.3 Å². The zero-order chi connectivity index (χ0) is 14.1. The highest BCUT2D eigenvalue weighted by Gasteiger charge is 2.43. The minimum atomic E-state index is 0.0728. The number of benzene rings is 1. The molecule has 0 aromatic heterocycles. The lowest BCUT2D eigenvalue weighted by Gasteiger charge is -2.27. The SMILES string of the molecule is CC1CC2CNCC2N1C(=O)COc1ccc(Cl)cc1. The van der Waals surface area contributed by atoms with Crippen molar-refractivity contribution in [2.75, 3.05) is 19.7 Å². The van der Waals surface area contributed by atoms with Crippen molar-refractivity contribution in [1.82, 2.24) is 10.2 Å². The van der Waals surface area contributed by atoms with Crippen LogP contribution in [-0.2, 0) is 4.79 Å². The molecule has 1 N–H and O–H groups in total. The molecule has 2 heterocycles. The lowest BCUT2D eigenvalue weighted by Crippen LogP contribution is -2.45. The number of rotatable bonds is 3. The fourth-order valence-corrected chi connectivity index (χ4v) is 3.47. The van der Waals surface area contributed by atoms with Crippen LogP contribution in [0.15, 0.2) is 24.3 Å². The van der Waals surface area contributed by atoms with Crippen molar-refractivity contribution in [2.24, 2.45) is 5.92 Å². The van der Waals surface area contributed by atoms with Crippen molar-refractivity contribution >= 4 is 17.5 Å². The summed E-state index contributed by atoms with van der Waals surface area (Å²) in [6, 6.07) is 7.74.